The Hall–Kier alpha value is -2.25. The van der Waals surface area contributed by atoms with Crippen molar-refractivity contribution in [2.45, 2.75) is 18.5 Å². The van der Waals surface area contributed by atoms with Gasteiger partial charge in [0.15, 0.2) is 0 Å². The molecule has 2 aromatic rings. The summed E-state index contributed by atoms with van der Waals surface area (Å²) in [7, 11) is 3.24. The van der Waals surface area contributed by atoms with Gasteiger partial charge in [-0.2, -0.15) is 0 Å². The number of benzene rings is 2. The van der Waals surface area contributed by atoms with Gasteiger partial charge in [-0.25, -0.2) is 0 Å². The Morgan fingerprint density at radius 2 is 1.84 bits per heavy atom. The lowest BCUT2D eigenvalue weighted by molar-refractivity contribution is -0.274. The molecule has 1 atom stereocenters. The summed E-state index contributed by atoms with van der Waals surface area (Å²) >= 11 is 0. The van der Waals surface area contributed by atoms with Crippen LogP contribution in [0.2, 0.25) is 0 Å². The summed E-state index contributed by atoms with van der Waals surface area (Å²) in [5.41, 5.74) is 0.272. The molecule has 0 saturated heterocycles. The van der Waals surface area contributed by atoms with Gasteiger partial charge < -0.3 is 14.6 Å². The molecule has 1 aliphatic heterocycles. The largest absolute Gasteiger partial charge is 0.573 e. The third kappa shape index (κ3) is 3.43. The minimum Gasteiger partial charge on any atom is -0.496 e. The molecule has 7 heteroatoms. The molecule has 3 rings (SSSR count). The summed E-state index contributed by atoms with van der Waals surface area (Å²) in [6.07, 6.45) is -4.81. The number of ether oxygens (including phenoxy) is 2. The molecule has 1 N–H and O–H groups in total. The van der Waals surface area contributed by atoms with Crippen molar-refractivity contribution in [1.29, 1.82) is 0 Å². The highest BCUT2D eigenvalue weighted by Crippen LogP contribution is 2.42. The second-order valence-electron chi connectivity index (χ2n) is 6.10. The summed E-state index contributed by atoms with van der Waals surface area (Å²) in [6.45, 7) is 0.857. The van der Waals surface area contributed by atoms with Crippen LogP contribution in [0.15, 0.2) is 42.5 Å². The van der Waals surface area contributed by atoms with E-state index in [4.69, 9.17) is 4.74 Å². The van der Waals surface area contributed by atoms with Gasteiger partial charge >= 0.3 is 6.36 Å². The first-order chi connectivity index (χ1) is 11.7. The maximum Gasteiger partial charge on any atom is 0.573 e. The van der Waals surface area contributed by atoms with Gasteiger partial charge in [-0.3, -0.25) is 4.90 Å². The van der Waals surface area contributed by atoms with Crippen LogP contribution in [0.25, 0.3) is 0 Å². The highest BCUT2D eigenvalue weighted by atomic mass is 19.4. The Balaban J connectivity index is 2.15. The normalized spacial score (nSPS) is 20.9. The highest BCUT2D eigenvalue weighted by Gasteiger charge is 2.41. The first-order valence-corrected chi connectivity index (χ1v) is 7.66. The van der Waals surface area contributed by atoms with Crippen molar-refractivity contribution < 1.29 is 27.8 Å². The van der Waals surface area contributed by atoms with Gasteiger partial charge in [-0.15, -0.1) is 13.2 Å². The highest BCUT2D eigenvalue weighted by molar-refractivity contribution is 5.51. The average molecular weight is 353 g/mol. The van der Waals surface area contributed by atoms with Gasteiger partial charge in [-0.05, 0) is 36.4 Å². The lowest BCUT2D eigenvalue weighted by Crippen LogP contribution is -2.45. The van der Waals surface area contributed by atoms with E-state index in [1.54, 1.807) is 12.1 Å². The number of fused-ring (bicyclic) bond motifs is 1. The van der Waals surface area contributed by atoms with Crippen LogP contribution in [0, 0.1) is 0 Å². The number of rotatable bonds is 3. The van der Waals surface area contributed by atoms with E-state index in [2.05, 4.69) is 4.74 Å². The molecule has 1 unspecified atom stereocenters. The average Bonchev–Trinajstić information content (AvgIpc) is 2.53. The molecule has 0 saturated carbocycles. The monoisotopic (exact) mass is 353 g/mol. The lowest BCUT2D eigenvalue weighted by Gasteiger charge is -2.40. The van der Waals surface area contributed by atoms with Crippen LogP contribution in [0.4, 0.5) is 13.2 Å². The molecule has 0 bridgehead atoms. The summed E-state index contributed by atoms with van der Waals surface area (Å²) in [4.78, 5) is 1.90. The van der Waals surface area contributed by atoms with Gasteiger partial charge in [0.2, 0.25) is 0 Å². The van der Waals surface area contributed by atoms with Crippen LogP contribution in [-0.4, -0.2) is 37.1 Å². The van der Waals surface area contributed by atoms with Crippen LogP contribution >= 0.6 is 0 Å². The van der Waals surface area contributed by atoms with Crippen LogP contribution in [-0.2, 0) is 12.1 Å². The van der Waals surface area contributed by atoms with Gasteiger partial charge in [0.25, 0.3) is 0 Å². The van der Waals surface area contributed by atoms with E-state index in [0.29, 0.717) is 17.9 Å². The predicted octanol–water partition coefficient (Wildman–Crippen LogP) is 3.28. The van der Waals surface area contributed by atoms with Crippen molar-refractivity contribution in [3.05, 3.63) is 59.2 Å². The Morgan fingerprint density at radius 3 is 2.52 bits per heavy atom. The fourth-order valence-electron chi connectivity index (χ4n) is 3.32. The van der Waals surface area contributed by atoms with Crippen LogP contribution in [0.5, 0.6) is 11.5 Å². The smallest absolute Gasteiger partial charge is 0.496 e. The minimum absolute atomic E-state index is 0.218. The Kier molecular flexibility index (Phi) is 4.38. The standard InChI is InChI=1S/C18H18F3NO3/c1-22-10-12-5-3-4-6-14(12)17(23,11-22)15-9-13(25-18(19,20)21)7-8-16(15)24-2/h3-9,23H,10-11H2,1-2H3. The van der Waals surface area contributed by atoms with E-state index in [1.165, 1.54) is 19.2 Å². The van der Waals surface area contributed by atoms with Gasteiger partial charge in [0.05, 0.1) is 7.11 Å². The third-order valence-corrected chi connectivity index (χ3v) is 4.25. The summed E-state index contributed by atoms with van der Waals surface area (Å²) in [6, 6.07) is 11.0. The minimum atomic E-state index is -4.81. The van der Waals surface area contributed by atoms with Gasteiger partial charge in [0.1, 0.15) is 17.1 Å². The summed E-state index contributed by atoms with van der Waals surface area (Å²) in [5.74, 6) is -0.107. The molecule has 25 heavy (non-hydrogen) atoms. The predicted molar refractivity (Wildman–Crippen MR) is 85.5 cm³/mol. The zero-order chi connectivity index (χ0) is 18.2. The van der Waals surface area contributed by atoms with Crippen molar-refractivity contribution >= 4 is 0 Å². The maximum atomic E-state index is 12.6. The van der Waals surface area contributed by atoms with Crippen LogP contribution < -0.4 is 9.47 Å². The molecular weight excluding hydrogens is 335 g/mol. The Labute approximate surface area is 143 Å². The number of hydrogen-bond donors (Lipinski definition) is 1. The molecule has 0 fully saturated rings. The Morgan fingerprint density at radius 1 is 1.12 bits per heavy atom. The van der Waals surface area contributed by atoms with Crippen LogP contribution in [0.1, 0.15) is 16.7 Å². The number of hydrogen-bond acceptors (Lipinski definition) is 4. The quantitative estimate of drug-likeness (QED) is 0.920. The van der Waals surface area contributed by atoms with Crippen molar-refractivity contribution in [1.82, 2.24) is 4.90 Å². The van der Waals surface area contributed by atoms with Gasteiger partial charge in [-0.1, -0.05) is 24.3 Å². The number of aliphatic hydroxyl groups is 1. The zero-order valence-corrected chi connectivity index (χ0v) is 13.8. The fraction of sp³-hybridized carbons (Fsp3) is 0.333. The molecule has 0 spiro atoms. The molecule has 1 heterocycles. The van der Waals surface area contributed by atoms with Crippen molar-refractivity contribution in [3.8, 4) is 11.5 Å². The topological polar surface area (TPSA) is 41.9 Å². The van der Waals surface area contributed by atoms with E-state index in [-0.39, 0.29) is 12.1 Å². The van der Waals surface area contributed by atoms with E-state index in [9.17, 15) is 18.3 Å². The van der Waals surface area contributed by atoms with Crippen molar-refractivity contribution in [3.63, 3.8) is 0 Å². The third-order valence-electron chi connectivity index (χ3n) is 4.25. The first-order valence-electron chi connectivity index (χ1n) is 7.66. The number of halogens is 3. The first kappa shape index (κ1) is 17.6. The fourth-order valence-corrected chi connectivity index (χ4v) is 3.32. The van der Waals surface area contributed by atoms with E-state index in [0.717, 1.165) is 11.6 Å². The summed E-state index contributed by atoms with van der Waals surface area (Å²) in [5, 5.41) is 11.4. The molecule has 0 amide bonds. The molecule has 2 aromatic carbocycles. The molecular formula is C18H18F3NO3. The number of β-amino-alcohol motifs (C(OH)–C–C–N with tert-alkyl or cyclic N) is 1. The van der Waals surface area contributed by atoms with E-state index >= 15 is 0 Å². The summed E-state index contributed by atoms with van der Waals surface area (Å²) < 4.78 is 47.0. The van der Waals surface area contributed by atoms with E-state index < -0.39 is 17.7 Å². The second-order valence-corrected chi connectivity index (χ2v) is 6.10. The number of nitrogens with zero attached hydrogens (tertiary/aromatic N) is 1. The van der Waals surface area contributed by atoms with Crippen LogP contribution in [0.3, 0.4) is 0 Å². The molecule has 1 aliphatic rings. The molecule has 4 nitrogen and oxygen atoms in total. The molecule has 0 radical (unpaired) electrons. The number of methoxy groups -OCH3 is 1. The Bertz CT molecular complexity index is 778. The van der Waals surface area contributed by atoms with Crippen molar-refractivity contribution in [2.24, 2.45) is 0 Å². The van der Waals surface area contributed by atoms with Gasteiger partial charge in [0, 0.05) is 18.7 Å². The molecule has 0 aromatic heterocycles. The van der Waals surface area contributed by atoms with E-state index in [1.807, 2.05) is 24.1 Å². The SMILES string of the molecule is COc1ccc(OC(F)(F)F)cc1C1(O)CN(C)Cc2ccccc21. The molecule has 134 valence electrons. The number of likely N-dealkylation sites (N-methyl/N-ethyl adjacent to an activating group) is 1. The maximum absolute atomic E-state index is 12.6. The lowest BCUT2D eigenvalue weighted by atomic mass is 9.80. The second kappa shape index (κ2) is 6.24. The zero-order valence-electron chi connectivity index (χ0n) is 13.8. The number of alkyl halides is 3. The van der Waals surface area contributed by atoms with Crippen molar-refractivity contribution in [2.75, 3.05) is 20.7 Å². The molecule has 0 aliphatic carbocycles.